The number of halogens is 2. The first-order valence-electron chi connectivity index (χ1n) is 7.85. The maximum Gasteiger partial charge on any atom is 0.137 e. The Hall–Kier alpha value is -1.81. The standard InChI is InChI=1S/C19H19Cl2N3/c1-13(16-10-6-7-11-18(16)20)22-12-17-14(2)23-24(19(17)21)15-8-4-3-5-9-15/h3-11,13,22H,12H2,1-2H3/t13-/m1/s1. The van der Waals surface area contributed by atoms with Gasteiger partial charge >= 0.3 is 0 Å². The van der Waals surface area contributed by atoms with E-state index in [-0.39, 0.29) is 6.04 Å². The van der Waals surface area contributed by atoms with Crippen molar-refractivity contribution in [2.45, 2.75) is 26.4 Å². The summed E-state index contributed by atoms with van der Waals surface area (Å²) in [5.41, 5.74) is 3.95. The lowest BCUT2D eigenvalue weighted by molar-refractivity contribution is 0.573. The highest BCUT2D eigenvalue weighted by molar-refractivity contribution is 6.31. The number of aromatic nitrogens is 2. The van der Waals surface area contributed by atoms with E-state index in [9.17, 15) is 0 Å². The molecule has 0 unspecified atom stereocenters. The van der Waals surface area contributed by atoms with E-state index in [1.54, 1.807) is 4.68 Å². The number of nitrogens with one attached hydrogen (secondary N) is 1. The molecule has 124 valence electrons. The quantitative estimate of drug-likeness (QED) is 0.666. The highest BCUT2D eigenvalue weighted by atomic mass is 35.5. The summed E-state index contributed by atoms with van der Waals surface area (Å²) in [6.45, 7) is 4.69. The lowest BCUT2D eigenvalue weighted by Crippen LogP contribution is -2.18. The number of benzene rings is 2. The van der Waals surface area contributed by atoms with Gasteiger partial charge in [0.05, 0.1) is 11.4 Å². The van der Waals surface area contributed by atoms with E-state index in [0.717, 1.165) is 27.5 Å². The zero-order chi connectivity index (χ0) is 17.1. The van der Waals surface area contributed by atoms with Gasteiger partial charge in [0.15, 0.2) is 0 Å². The molecule has 0 amide bonds. The van der Waals surface area contributed by atoms with Crippen molar-refractivity contribution < 1.29 is 0 Å². The van der Waals surface area contributed by atoms with Gasteiger partial charge in [0, 0.05) is 23.2 Å². The van der Waals surface area contributed by atoms with Gasteiger partial charge in [0.1, 0.15) is 5.15 Å². The molecule has 0 bridgehead atoms. The van der Waals surface area contributed by atoms with Gasteiger partial charge in [-0.1, -0.05) is 59.6 Å². The molecule has 0 radical (unpaired) electrons. The number of para-hydroxylation sites is 1. The zero-order valence-corrected chi connectivity index (χ0v) is 15.1. The maximum absolute atomic E-state index is 6.56. The molecule has 0 fully saturated rings. The summed E-state index contributed by atoms with van der Waals surface area (Å²) in [5, 5.41) is 9.45. The normalized spacial score (nSPS) is 12.3. The average molecular weight is 360 g/mol. The van der Waals surface area contributed by atoms with Crippen molar-refractivity contribution >= 4 is 23.2 Å². The Morgan fingerprint density at radius 2 is 1.71 bits per heavy atom. The van der Waals surface area contributed by atoms with Crippen LogP contribution in [0.1, 0.15) is 29.8 Å². The Morgan fingerprint density at radius 1 is 1.04 bits per heavy atom. The fourth-order valence-corrected chi connectivity index (χ4v) is 3.30. The molecule has 3 nitrogen and oxygen atoms in total. The number of hydrogen-bond acceptors (Lipinski definition) is 2. The molecular weight excluding hydrogens is 341 g/mol. The average Bonchev–Trinajstić information content (AvgIpc) is 2.88. The summed E-state index contributed by atoms with van der Waals surface area (Å²) in [7, 11) is 0. The van der Waals surface area contributed by atoms with E-state index >= 15 is 0 Å². The molecule has 1 N–H and O–H groups in total. The van der Waals surface area contributed by atoms with Crippen LogP contribution in [-0.2, 0) is 6.54 Å². The Morgan fingerprint density at radius 3 is 2.42 bits per heavy atom. The van der Waals surface area contributed by atoms with Crippen LogP contribution in [0.3, 0.4) is 0 Å². The lowest BCUT2D eigenvalue weighted by atomic mass is 10.1. The van der Waals surface area contributed by atoms with Gasteiger partial charge in [-0.2, -0.15) is 5.10 Å². The van der Waals surface area contributed by atoms with E-state index in [1.165, 1.54) is 0 Å². The third kappa shape index (κ3) is 3.48. The van der Waals surface area contributed by atoms with Gasteiger partial charge in [-0.15, -0.1) is 0 Å². The van der Waals surface area contributed by atoms with Crippen molar-refractivity contribution in [1.29, 1.82) is 0 Å². The van der Waals surface area contributed by atoms with Crippen LogP contribution in [0, 0.1) is 6.92 Å². The van der Waals surface area contributed by atoms with Crippen LogP contribution in [-0.4, -0.2) is 9.78 Å². The molecule has 1 heterocycles. The molecule has 24 heavy (non-hydrogen) atoms. The number of aryl methyl sites for hydroxylation is 1. The summed E-state index contributed by atoms with van der Waals surface area (Å²) >= 11 is 12.8. The van der Waals surface area contributed by atoms with Crippen LogP contribution in [0.15, 0.2) is 54.6 Å². The predicted molar refractivity (Wildman–Crippen MR) is 100 cm³/mol. The summed E-state index contributed by atoms with van der Waals surface area (Å²) < 4.78 is 1.77. The predicted octanol–water partition coefficient (Wildman–Crippen LogP) is 5.34. The molecule has 0 aliphatic heterocycles. The van der Waals surface area contributed by atoms with Crippen LogP contribution in [0.4, 0.5) is 0 Å². The van der Waals surface area contributed by atoms with Gasteiger partial charge in [-0.25, -0.2) is 4.68 Å². The minimum absolute atomic E-state index is 0.120. The minimum Gasteiger partial charge on any atom is -0.306 e. The fraction of sp³-hybridized carbons (Fsp3) is 0.211. The topological polar surface area (TPSA) is 29.9 Å². The highest BCUT2D eigenvalue weighted by Crippen LogP contribution is 2.26. The Bertz CT molecular complexity index is 828. The van der Waals surface area contributed by atoms with E-state index < -0.39 is 0 Å². The van der Waals surface area contributed by atoms with E-state index in [0.29, 0.717) is 11.7 Å². The van der Waals surface area contributed by atoms with E-state index in [2.05, 4.69) is 17.3 Å². The Balaban J connectivity index is 1.79. The van der Waals surface area contributed by atoms with Crippen LogP contribution in [0.5, 0.6) is 0 Å². The van der Waals surface area contributed by atoms with E-state index in [1.807, 2.05) is 61.5 Å². The maximum atomic E-state index is 6.56. The molecule has 0 saturated carbocycles. The largest absolute Gasteiger partial charge is 0.306 e. The highest BCUT2D eigenvalue weighted by Gasteiger charge is 2.16. The van der Waals surface area contributed by atoms with Crippen molar-refractivity contribution in [1.82, 2.24) is 15.1 Å². The SMILES string of the molecule is Cc1nn(-c2ccccc2)c(Cl)c1CN[C@H](C)c1ccccc1Cl. The molecule has 0 aliphatic rings. The molecule has 5 heteroatoms. The first kappa shape index (κ1) is 17.0. The molecule has 0 spiro atoms. The fourth-order valence-electron chi connectivity index (χ4n) is 2.66. The second-order valence-corrected chi connectivity index (χ2v) is 6.49. The monoisotopic (exact) mass is 359 g/mol. The van der Waals surface area contributed by atoms with E-state index in [4.69, 9.17) is 23.2 Å². The zero-order valence-electron chi connectivity index (χ0n) is 13.6. The second kappa shape index (κ2) is 7.39. The third-order valence-corrected chi connectivity index (χ3v) is 4.81. The lowest BCUT2D eigenvalue weighted by Gasteiger charge is -2.15. The Kier molecular flexibility index (Phi) is 5.24. The number of hydrogen-bond donors (Lipinski definition) is 1. The van der Waals surface area contributed by atoms with Gasteiger partial charge in [0.2, 0.25) is 0 Å². The van der Waals surface area contributed by atoms with Gasteiger partial charge in [0.25, 0.3) is 0 Å². The molecule has 0 saturated heterocycles. The van der Waals surface area contributed by atoms with Crippen molar-refractivity contribution in [3.8, 4) is 5.69 Å². The molecular formula is C19H19Cl2N3. The second-order valence-electron chi connectivity index (χ2n) is 5.73. The van der Waals surface area contributed by atoms with Gasteiger partial charge in [-0.05, 0) is 37.6 Å². The van der Waals surface area contributed by atoms with Crippen LogP contribution in [0.2, 0.25) is 10.2 Å². The molecule has 1 atom stereocenters. The molecule has 2 aromatic carbocycles. The van der Waals surface area contributed by atoms with Gasteiger partial charge < -0.3 is 5.32 Å². The smallest absolute Gasteiger partial charge is 0.137 e. The summed E-state index contributed by atoms with van der Waals surface area (Å²) in [5.74, 6) is 0. The first-order valence-corrected chi connectivity index (χ1v) is 8.60. The van der Waals surface area contributed by atoms with Gasteiger partial charge in [-0.3, -0.25) is 0 Å². The molecule has 1 aromatic heterocycles. The van der Waals surface area contributed by atoms with Crippen molar-refractivity contribution in [3.05, 3.63) is 81.6 Å². The first-order chi connectivity index (χ1) is 11.6. The van der Waals surface area contributed by atoms with Crippen molar-refractivity contribution in [3.63, 3.8) is 0 Å². The summed E-state index contributed by atoms with van der Waals surface area (Å²) in [6.07, 6.45) is 0. The molecule has 3 aromatic rings. The van der Waals surface area contributed by atoms with Crippen LogP contribution >= 0.6 is 23.2 Å². The van der Waals surface area contributed by atoms with Crippen LogP contribution < -0.4 is 5.32 Å². The minimum atomic E-state index is 0.120. The van der Waals surface area contributed by atoms with Crippen LogP contribution in [0.25, 0.3) is 5.69 Å². The summed E-state index contributed by atoms with van der Waals surface area (Å²) in [6, 6.07) is 17.9. The third-order valence-electron chi connectivity index (χ3n) is 4.08. The number of nitrogens with zero attached hydrogens (tertiary/aromatic N) is 2. The number of rotatable bonds is 5. The molecule has 3 rings (SSSR count). The Labute approximate surface area is 152 Å². The van der Waals surface area contributed by atoms with Crippen molar-refractivity contribution in [2.24, 2.45) is 0 Å². The summed E-state index contributed by atoms with van der Waals surface area (Å²) in [4.78, 5) is 0. The van der Waals surface area contributed by atoms with Crippen molar-refractivity contribution in [2.75, 3.05) is 0 Å². The molecule has 0 aliphatic carbocycles.